The normalized spacial score (nSPS) is 13.8. The van der Waals surface area contributed by atoms with Crippen molar-refractivity contribution in [1.82, 2.24) is 84.4 Å². The molecule has 41 nitrogen and oxygen atoms in total. The molecule has 0 aliphatic carbocycles. The van der Waals surface area contributed by atoms with Crippen molar-refractivity contribution < 1.29 is 67.7 Å². The lowest BCUT2D eigenvalue weighted by molar-refractivity contribution is -0.142. The van der Waals surface area contributed by atoms with Crippen molar-refractivity contribution in [3.8, 4) is 5.75 Å². The third-order valence-electron chi connectivity index (χ3n) is 19.8. The predicted octanol–water partition coefficient (Wildman–Crippen LogP) is -2.62. The van der Waals surface area contributed by atoms with Crippen LogP contribution in [0.5, 0.6) is 5.75 Å². The zero-order chi connectivity index (χ0) is 89.4. The van der Waals surface area contributed by atoms with Gasteiger partial charge in [-0.05, 0) is 136 Å². The molecule has 6 rings (SSSR count). The van der Waals surface area contributed by atoms with Gasteiger partial charge in [-0.3, -0.25) is 74.4 Å². The van der Waals surface area contributed by atoms with Crippen molar-refractivity contribution in [1.29, 1.82) is 21.6 Å². The Bertz CT molecular complexity index is 4540. The summed E-state index contributed by atoms with van der Waals surface area (Å²) in [6, 6.07) is 11.7. The average molecular weight is 1700 g/mol. The summed E-state index contributed by atoms with van der Waals surface area (Å²) in [5, 5.41) is 90.0. The van der Waals surface area contributed by atoms with Crippen LogP contribution in [0.3, 0.4) is 0 Å². The molecule has 0 spiro atoms. The van der Waals surface area contributed by atoms with Crippen LogP contribution in [-0.4, -0.2) is 214 Å². The minimum absolute atomic E-state index is 0.00521. The number of carboxylic acids is 1. The third kappa shape index (κ3) is 34.0. The van der Waals surface area contributed by atoms with Crippen molar-refractivity contribution in [2.45, 2.75) is 196 Å². The van der Waals surface area contributed by atoms with E-state index in [1.165, 1.54) is 24.3 Å². The van der Waals surface area contributed by atoms with Crippen molar-refractivity contribution in [3.63, 3.8) is 0 Å². The molecule has 2 heterocycles. The van der Waals surface area contributed by atoms with Crippen LogP contribution in [0.4, 0.5) is 0 Å². The third-order valence-corrected chi connectivity index (χ3v) is 19.8. The number of phenols is 1. The highest BCUT2D eigenvalue weighted by Gasteiger charge is 2.38. The highest BCUT2D eigenvalue weighted by Crippen LogP contribution is 2.23. The lowest BCUT2D eigenvalue weighted by atomic mass is 9.99. The average Bonchev–Trinajstić information content (AvgIpc) is 1.68. The van der Waals surface area contributed by atoms with Gasteiger partial charge in [-0.25, -0.2) is 4.79 Å². The van der Waals surface area contributed by atoms with E-state index in [-0.39, 0.29) is 134 Å². The number of aromatic hydroxyl groups is 1. The topological polar surface area (TPSA) is 723 Å². The van der Waals surface area contributed by atoms with Crippen LogP contribution in [-0.2, 0) is 83.2 Å². The number of nitrogens with two attached hydrogens (primary N) is 7. The zero-order valence-corrected chi connectivity index (χ0v) is 68.5. The molecule has 0 saturated carbocycles. The first-order chi connectivity index (χ1) is 58.2. The first-order valence-corrected chi connectivity index (χ1v) is 40.4. The number of rotatable bonds is 54. The second kappa shape index (κ2) is 50.3. The molecule has 0 saturated heterocycles. The van der Waals surface area contributed by atoms with Gasteiger partial charge in [0.1, 0.15) is 66.2 Å². The molecule has 662 valence electrons. The Morgan fingerprint density at radius 3 is 1.07 bits per heavy atom. The van der Waals surface area contributed by atoms with Gasteiger partial charge >= 0.3 is 5.97 Å². The Labute approximate surface area is 705 Å². The second-order valence-electron chi connectivity index (χ2n) is 30.1. The van der Waals surface area contributed by atoms with Gasteiger partial charge in [0, 0.05) is 92.5 Å². The predicted molar refractivity (Wildman–Crippen MR) is 458 cm³/mol. The summed E-state index contributed by atoms with van der Waals surface area (Å²) in [7, 11) is 0. The minimum Gasteiger partial charge on any atom is -0.508 e. The molecule has 0 bridgehead atoms. The number of nitrogens with one attached hydrogen (secondary N) is 20. The van der Waals surface area contributed by atoms with E-state index < -0.39 is 168 Å². The van der Waals surface area contributed by atoms with Gasteiger partial charge in [0.05, 0.1) is 6.04 Å². The fraction of sp³-hybridized carbons (Fsp3) is 0.457. The van der Waals surface area contributed by atoms with E-state index >= 15 is 28.8 Å². The van der Waals surface area contributed by atoms with Gasteiger partial charge in [0.15, 0.2) is 23.8 Å². The van der Waals surface area contributed by atoms with Crippen LogP contribution in [0.1, 0.15) is 126 Å². The summed E-state index contributed by atoms with van der Waals surface area (Å²) in [5.41, 5.74) is 43.1. The first-order valence-electron chi connectivity index (χ1n) is 40.4. The SMILES string of the molecule is CC(C)C[C@H](NC(=O)[C@H](CCCNC(=N)N)NC(=O)[C@@H](N)CCCCN)C(=O)N[C@@H](Cc1ccccc1)C(=O)N[C@@H](CCCNC(=N)N)C(=O)N[C@@H](CCCNC(=N)N)C(=O)N[C@@H](Cc1c[nH]c2ccccc12)C(=O)N[C@@H](CCC(N)=O)C(=O)N[C@@H](Cc1c[nH]c2ccccc12)C(=O)N[C@@H](CCCNC(=N)N)C(=O)N[C@@H](Cc1ccc(O)cc1)C(=O)O. The number of aliphatic carboxylic acids is 1. The maximum absolute atomic E-state index is 15.5. The summed E-state index contributed by atoms with van der Waals surface area (Å²) >= 11 is 0. The van der Waals surface area contributed by atoms with Gasteiger partial charge in [-0.2, -0.15) is 0 Å². The quantitative estimate of drug-likeness (QED) is 0.0106. The number of benzene rings is 4. The molecule has 41 heteroatoms. The van der Waals surface area contributed by atoms with Crippen molar-refractivity contribution in [2.24, 2.45) is 46.1 Å². The van der Waals surface area contributed by atoms with Crippen LogP contribution in [0, 0.1) is 27.6 Å². The van der Waals surface area contributed by atoms with E-state index in [0.717, 1.165) is 0 Å². The number of carbonyl (C=O) groups is 12. The van der Waals surface area contributed by atoms with Crippen molar-refractivity contribution in [3.05, 3.63) is 138 Å². The number of aromatic amines is 2. The molecule has 6 aromatic rings. The maximum Gasteiger partial charge on any atom is 0.326 e. The summed E-state index contributed by atoms with van der Waals surface area (Å²) in [6.45, 7) is 4.11. The van der Waals surface area contributed by atoms with Gasteiger partial charge in [0.25, 0.3) is 0 Å². The summed E-state index contributed by atoms with van der Waals surface area (Å²) in [5.74, 6) is -13.4. The number of guanidine groups is 4. The number of carboxylic acid groups (broad SMARTS) is 1. The van der Waals surface area contributed by atoms with Crippen LogP contribution >= 0.6 is 0 Å². The van der Waals surface area contributed by atoms with Crippen molar-refractivity contribution in [2.75, 3.05) is 32.7 Å². The summed E-state index contributed by atoms with van der Waals surface area (Å²) in [6.07, 6.45) is 2.25. The number of carbonyl (C=O) groups excluding carboxylic acids is 11. The Kier molecular flexibility index (Phi) is 40.1. The number of phenolic OH excluding ortho intramolecular Hbond substituents is 1. The lowest BCUT2D eigenvalue weighted by Crippen LogP contribution is -2.61. The first kappa shape index (κ1) is 97.2. The molecule has 2 aromatic heterocycles. The van der Waals surface area contributed by atoms with Crippen LogP contribution in [0.25, 0.3) is 21.8 Å². The van der Waals surface area contributed by atoms with Crippen LogP contribution in [0.2, 0.25) is 0 Å². The number of hydrogen-bond acceptors (Lipinski definition) is 19. The van der Waals surface area contributed by atoms with Crippen molar-refractivity contribution >= 4 is 117 Å². The molecule has 0 radical (unpaired) electrons. The van der Waals surface area contributed by atoms with E-state index in [1.807, 2.05) is 0 Å². The number of primary amides is 1. The number of H-pyrrole nitrogens is 2. The monoisotopic (exact) mass is 1690 g/mol. The van der Waals surface area contributed by atoms with Crippen LogP contribution < -0.4 is 115 Å². The summed E-state index contributed by atoms with van der Waals surface area (Å²) in [4.78, 5) is 180. The van der Waals surface area contributed by atoms with Crippen LogP contribution in [0.15, 0.2) is 116 Å². The van der Waals surface area contributed by atoms with E-state index in [1.54, 1.807) is 105 Å². The fourth-order valence-electron chi connectivity index (χ4n) is 13.4. The van der Waals surface area contributed by atoms with Gasteiger partial charge < -0.3 is 135 Å². The highest BCUT2D eigenvalue weighted by molar-refractivity contribution is 6.00. The zero-order valence-electron chi connectivity index (χ0n) is 68.5. The number of hydrogen-bond donors (Lipinski definition) is 29. The number of fused-ring (bicyclic) bond motifs is 2. The molecule has 36 N–H and O–H groups in total. The molecular formula is C81H119N27O14. The molecule has 0 aliphatic heterocycles. The van der Waals surface area contributed by atoms with Gasteiger partial charge in [-0.1, -0.05) is 99.1 Å². The Morgan fingerprint density at radius 1 is 0.369 bits per heavy atom. The number of para-hydroxylation sites is 2. The second-order valence-corrected chi connectivity index (χ2v) is 30.1. The number of amides is 11. The lowest BCUT2D eigenvalue weighted by Gasteiger charge is -2.29. The molecule has 0 unspecified atom stereocenters. The maximum atomic E-state index is 15.5. The Balaban J connectivity index is 1.35. The van der Waals surface area contributed by atoms with E-state index in [4.69, 9.17) is 61.8 Å². The molecule has 0 aliphatic rings. The Morgan fingerprint density at radius 2 is 0.689 bits per heavy atom. The molecule has 11 amide bonds. The van der Waals surface area contributed by atoms with E-state index in [9.17, 15) is 39.0 Å². The molecule has 11 atom stereocenters. The van der Waals surface area contributed by atoms with Gasteiger partial charge in [-0.15, -0.1) is 0 Å². The molecule has 4 aromatic carbocycles. The highest BCUT2D eigenvalue weighted by atomic mass is 16.4. The summed E-state index contributed by atoms with van der Waals surface area (Å²) < 4.78 is 0. The number of unbranched alkanes of at least 4 members (excludes halogenated alkanes) is 1. The molecule has 0 fully saturated rings. The largest absolute Gasteiger partial charge is 0.508 e. The molecular weight excluding hydrogens is 1580 g/mol. The van der Waals surface area contributed by atoms with E-state index in [2.05, 4.69) is 84.4 Å². The fourth-order valence-corrected chi connectivity index (χ4v) is 13.4. The minimum atomic E-state index is -1.75. The smallest absolute Gasteiger partial charge is 0.326 e. The molecule has 122 heavy (non-hydrogen) atoms. The van der Waals surface area contributed by atoms with Gasteiger partial charge in [0.2, 0.25) is 65.0 Å². The number of aromatic nitrogens is 2. The standard InChI is InChI=1S/C81H119N27O14/c1-45(2)38-61(104-69(113)56(23-12-34-93-78(85)86)99-67(111)53(83)20-10-11-33-82)73(117)105-62(39-46-16-4-3-5-17-46)74(118)101-57(24-13-35-94-79(87)88)68(112)100-58(25-14-36-95-80(89)90)70(114)106-64(42-49-44-98-55-22-9-7-19-52(49)55)76(120)103-60(31-32-66(84)110)72(116)107-63(41-48-43-97-54-21-8-6-18-51(48)54)75(119)102-59(26-15-37-96-81(91)92)71(115)108-65(77(121)122)40-47-27-29-50(109)30-28-47/h3-9,16-19,21-22,27-30,43-45,53,56-65,97-98,109H,10-15,20,23-26,31-42,82-83H2,1-2H3,(H2,84,110)(H,99,111)(H,100,112)(H,101,118)(H,102,119)(H,103,120)(H,104,113)(H,105,117)(H,106,114)(H,107,116)(H,108,115)(H,121,122)(H4,85,86,93)(H4,87,88,94)(H4,89,90,95)(H4,91,92,96)/t53-,56-,57-,58-,59-,60-,61-,62-,63-,64-,65-/m0/s1. The Hall–Kier alpha value is -13.6. The van der Waals surface area contributed by atoms with E-state index in [0.29, 0.717) is 63.4 Å².